The van der Waals surface area contributed by atoms with Crippen LogP contribution in [0, 0.1) is 6.92 Å². The van der Waals surface area contributed by atoms with Crippen molar-refractivity contribution in [2.24, 2.45) is 0 Å². The molecule has 7 nitrogen and oxygen atoms in total. The monoisotopic (exact) mass is 288 g/mol. The van der Waals surface area contributed by atoms with Crippen molar-refractivity contribution in [2.75, 3.05) is 20.0 Å². The van der Waals surface area contributed by atoms with Gasteiger partial charge in [-0.25, -0.2) is 4.98 Å². The summed E-state index contributed by atoms with van der Waals surface area (Å²) in [6, 6.07) is 5.52. The molecule has 2 aromatic heterocycles. The number of hydrogen-bond donors (Lipinski definition) is 1. The Bertz CT molecular complexity index is 791. The first-order valence-electron chi connectivity index (χ1n) is 6.42. The molecule has 21 heavy (non-hydrogen) atoms. The molecule has 7 heteroatoms. The number of methoxy groups -OCH3 is 2. The number of rotatable bonds is 4. The molecule has 0 radical (unpaired) electrons. The highest BCUT2D eigenvalue weighted by Crippen LogP contribution is 2.33. The van der Waals surface area contributed by atoms with Crippen LogP contribution in [0.4, 0.5) is 5.95 Å². The van der Waals surface area contributed by atoms with Crippen molar-refractivity contribution >= 4 is 17.0 Å². The van der Waals surface area contributed by atoms with E-state index in [1.165, 1.54) is 0 Å². The Hall–Kier alpha value is -2.70. The Balaban J connectivity index is 2.11. The van der Waals surface area contributed by atoms with Gasteiger partial charge in [-0.3, -0.25) is 0 Å². The number of nitrogens with two attached hydrogens (primary N) is 1. The number of nitrogen functional groups attached to an aromatic ring is 1. The molecular formula is C14H16N4O3. The molecule has 0 aliphatic carbocycles. The standard InChI is InChI=1S/C14H16N4O3/c1-8-4-9(17-21-8)7-18-11-6-13(20-3)12(19-2)5-10(11)16-14(18)15/h4-6H,7H2,1-3H3,(H2,15,16). The maximum atomic E-state index is 6.00. The number of fused-ring (bicyclic) bond motifs is 1. The van der Waals surface area contributed by atoms with E-state index in [9.17, 15) is 0 Å². The first kappa shape index (κ1) is 13.3. The van der Waals surface area contributed by atoms with Gasteiger partial charge in [0, 0.05) is 18.2 Å². The Kier molecular flexibility index (Phi) is 3.17. The first-order valence-corrected chi connectivity index (χ1v) is 6.42. The molecule has 1 aromatic carbocycles. The highest BCUT2D eigenvalue weighted by atomic mass is 16.5. The molecule has 0 aliphatic rings. The van der Waals surface area contributed by atoms with Crippen LogP contribution in [0.15, 0.2) is 22.7 Å². The lowest BCUT2D eigenvalue weighted by Crippen LogP contribution is -2.04. The van der Waals surface area contributed by atoms with E-state index in [2.05, 4.69) is 10.1 Å². The van der Waals surface area contributed by atoms with Gasteiger partial charge in [-0.15, -0.1) is 0 Å². The molecule has 0 saturated heterocycles. The summed E-state index contributed by atoms with van der Waals surface area (Å²) in [7, 11) is 3.18. The van der Waals surface area contributed by atoms with Crippen LogP contribution < -0.4 is 15.2 Å². The zero-order valence-corrected chi connectivity index (χ0v) is 12.1. The number of ether oxygens (including phenoxy) is 2. The van der Waals surface area contributed by atoms with Crippen LogP contribution >= 0.6 is 0 Å². The predicted octanol–water partition coefficient (Wildman–Crippen LogP) is 1.98. The van der Waals surface area contributed by atoms with Gasteiger partial charge in [-0.1, -0.05) is 5.16 Å². The van der Waals surface area contributed by atoms with E-state index in [1.807, 2.05) is 23.6 Å². The van der Waals surface area contributed by atoms with Gasteiger partial charge in [-0.05, 0) is 6.92 Å². The third-order valence-corrected chi connectivity index (χ3v) is 3.28. The minimum Gasteiger partial charge on any atom is -0.493 e. The number of aryl methyl sites for hydroxylation is 1. The van der Waals surface area contributed by atoms with Crippen molar-refractivity contribution in [1.82, 2.24) is 14.7 Å². The van der Waals surface area contributed by atoms with E-state index in [1.54, 1.807) is 20.3 Å². The number of imidazole rings is 1. The predicted molar refractivity (Wildman–Crippen MR) is 77.6 cm³/mol. The van der Waals surface area contributed by atoms with E-state index in [0.717, 1.165) is 22.5 Å². The second-order valence-corrected chi connectivity index (χ2v) is 4.68. The zero-order valence-electron chi connectivity index (χ0n) is 12.1. The second-order valence-electron chi connectivity index (χ2n) is 4.68. The molecule has 0 amide bonds. The van der Waals surface area contributed by atoms with Gasteiger partial charge in [-0.2, -0.15) is 0 Å². The van der Waals surface area contributed by atoms with Crippen molar-refractivity contribution < 1.29 is 14.0 Å². The van der Waals surface area contributed by atoms with Gasteiger partial charge in [0.2, 0.25) is 5.95 Å². The van der Waals surface area contributed by atoms with E-state index in [4.69, 9.17) is 19.7 Å². The molecule has 3 aromatic rings. The molecule has 0 atom stereocenters. The summed E-state index contributed by atoms with van der Waals surface area (Å²) in [5, 5.41) is 3.98. The molecule has 3 rings (SSSR count). The minimum atomic E-state index is 0.404. The molecule has 110 valence electrons. The molecule has 0 fully saturated rings. The van der Waals surface area contributed by atoms with Crippen LogP contribution in [0.3, 0.4) is 0 Å². The Labute approximate surface area is 121 Å². The van der Waals surface area contributed by atoms with E-state index in [0.29, 0.717) is 24.0 Å². The molecular weight excluding hydrogens is 272 g/mol. The number of hydrogen-bond acceptors (Lipinski definition) is 6. The summed E-state index contributed by atoms with van der Waals surface area (Å²) in [6.07, 6.45) is 0. The van der Waals surface area contributed by atoms with Crippen LogP contribution in [0.5, 0.6) is 11.5 Å². The summed E-state index contributed by atoms with van der Waals surface area (Å²) in [5.41, 5.74) is 8.38. The number of anilines is 1. The van der Waals surface area contributed by atoms with Crippen molar-refractivity contribution in [2.45, 2.75) is 13.5 Å². The summed E-state index contributed by atoms with van der Waals surface area (Å²) >= 11 is 0. The fourth-order valence-corrected chi connectivity index (χ4v) is 2.29. The minimum absolute atomic E-state index is 0.404. The van der Waals surface area contributed by atoms with E-state index >= 15 is 0 Å². The number of nitrogens with zero attached hydrogens (tertiary/aromatic N) is 3. The summed E-state index contributed by atoms with van der Waals surface area (Å²) in [4.78, 5) is 4.35. The van der Waals surface area contributed by atoms with Crippen molar-refractivity contribution in [3.8, 4) is 11.5 Å². The first-order chi connectivity index (χ1) is 10.1. The molecule has 0 saturated carbocycles. The average Bonchev–Trinajstić information content (AvgIpc) is 3.02. The van der Waals surface area contributed by atoms with E-state index in [-0.39, 0.29) is 0 Å². The fourth-order valence-electron chi connectivity index (χ4n) is 2.29. The number of aromatic nitrogens is 3. The van der Waals surface area contributed by atoms with Crippen molar-refractivity contribution in [1.29, 1.82) is 0 Å². The van der Waals surface area contributed by atoms with Gasteiger partial charge < -0.3 is 24.3 Å². The molecule has 0 unspecified atom stereocenters. The van der Waals surface area contributed by atoms with Crippen LogP contribution in [-0.2, 0) is 6.54 Å². The third-order valence-electron chi connectivity index (χ3n) is 3.28. The summed E-state index contributed by atoms with van der Waals surface area (Å²) in [6.45, 7) is 2.33. The molecule has 2 heterocycles. The van der Waals surface area contributed by atoms with E-state index < -0.39 is 0 Å². The largest absolute Gasteiger partial charge is 0.493 e. The van der Waals surface area contributed by atoms with Crippen molar-refractivity contribution in [3.05, 3.63) is 29.7 Å². The molecule has 0 bridgehead atoms. The molecule has 0 spiro atoms. The zero-order chi connectivity index (χ0) is 15.0. The van der Waals surface area contributed by atoms with Gasteiger partial charge in [0.15, 0.2) is 11.5 Å². The topological polar surface area (TPSA) is 88.3 Å². The lowest BCUT2D eigenvalue weighted by Gasteiger charge is -2.08. The average molecular weight is 288 g/mol. The van der Waals surface area contributed by atoms with Crippen LogP contribution in [0.25, 0.3) is 11.0 Å². The maximum absolute atomic E-state index is 6.00. The second kappa shape index (κ2) is 5.01. The van der Waals surface area contributed by atoms with Crippen LogP contribution in [-0.4, -0.2) is 28.9 Å². The van der Waals surface area contributed by atoms with Gasteiger partial charge in [0.05, 0.1) is 31.8 Å². The SMILES string of the molecule is COc1cc2nc(N)n(Cc3cc(C)on3)c2cc1OC. The van der Waals surface area contributed by atoms with Crippen molar-refractivity contribution in [3.63, 3.8) is 0 Å². The van der Waals surface area contributed by atoms with Crippen LogP contribution in [0.2, 0.25) is 0 Å². The van der Waals surface area contributed by atoms with Crippen LogP contribution in [0.1, 0.15) is 11.5 Å². The quantitative estimate of drug-likeness (QED) is 0.789. The highest BCUT2D eigenvalue weighted by Gasteiger charge is 2.14. The Morgan fingerprint density at radius 1 is 1.19 bits per heavy atom. The van der Waals surface area contributed by atoms with Gasteiger partial charge in [0.1, 0.15) is 11.5 Å². The highest BCUT2D eigenvalue weighted by molar-refractivity contribution is 5.82. The number of benzene rings is 1. The smallest absolute Gasteiger partial charge is 0.201 e. The fraction of sp³-hybridized carbons (Fsp3) is 0.286. The normalized spacial score (nSPS) is 11.0. The third kappa shape index (κ3) is 2.26. The lowest BCUT2D eigenvalue weighted by atomic mass is 10.2. The summed E-state index contributed by atoms with van der Waals surface area (Å²) in [5.74, 6) is 2.41. The Morgan fingerprint density at radius 2 is 1.90 bits per heavy atom. The summed E-state index contributed by atoms with van der Waals surface area (Å²) < 4.78 is 17.5. The maximum Gasteiger partial charge on any atom is 0.201 e. The van der Waals surface area contributed by atoms with Gasteiger partial charge in [0.25, 0.3) is 0 Å². The lowest BCUT2D eigenvalue weighted by molar-refractivity contribution is 0.355. The van der Waals surface area contributed by atoms with Gasteiger partial charge >= 0.3 is 0 Å². The molecule has 0 aliphatic heterocycles. The molecule has 2 N–H and O–H groups in total. The Morgan fingerprint density at radius 3 is 2.52 bits per heavy atom.